The van der Waals surface area contributed by atoms with Crippen molar-refractivity contribution in [2.75, 3.05) is 19.6 Å². The van der Waals surface area contributed by atoms with Crippen molar-refractivity contribution < 1.29 is 0 Å². The number of rotatable bonds is 5. The van der Waals surface area contributed by atoms with Gasteiger partial charge in [-0.2, -0.15) is 5.26 Å². The van der Waals surface area contributed by atoms with Crippen molar-refractivity contribution in [3.8, 4) is 6.07 Å². The van der Waals surface area contributed by atoms with Crippen molar-refractivity contribution in [1.82, 2.24) is 4.90 Å². The molecule has 1 fully saturated rings. The highest BCUT2D eigenvalue weighted by atomic mass is 15.1. The van der Waals surface area contributed by atoms with Crippen LogP contribution in [0.25, 0.3) is 0 Å². The molecule has 0 aromatic rings. The van der Waals surface area contributed by atoms with Gasteiger partial charge in [0.25, 0.3) is 0 Å². The highest BCUT2D eigenvalue weighted by Crippen LogP contribution is 2.23. The molecule has 1 aliphatic heterocycles. The Morgan fingerprint density at radius 2 is 1.94 bits per heavy atom. The van der Waals surface area contributed by atoms with Crippen molar-refractivity contribution in [3.05, 3.63) is 0 Å². The minimum absolute atomic E-state index is 0.600. The number of hydrogen-bond acceptors (Lipinski definition) is 3. The van der Waals surface area contributed by atoms with Crippen LogP contribution in [0.1, 0.15) is 40.0 Å². The van der Waals surface area contributed by atoms with Crippen molar-refractivity contribution in [2.45, 2.75) is 45.6 Å². The van der Waals surface area contributed by atoms with Crippen LogP contribution >= 0.6 is 0 Å². The van der Waals surface area contributed by atoms with Gasteiger partial charge in [0.1, 0.15) is 5.54 Å². The van der Waals surface area contributed by atoms with Gasteiger partial charge in [0.15, 0.2) is 0 Å². The van der Waals surface area contributed by atoms with Crippen LogP contribution in [0.4, 0.5) is 0 Å². The third-order valence-electron chi connectivity index (χ3n) is 4.01. The van der Waals surface area contributed by atoms with Crippen molar-refractivity contribution in [3.63, 3.8) is 0 Å². The maximum Gasteiger partial charge on any atom is 0.104 e. The van der Waals surface area contributed by atoms with Crippen LogP contribution < -0.4 is 5.73 Å². The van der Waals surface area contributed by atoms with E-state index in [9.17, 15) is 0 Å². The Labute approximate surface area is 99.6 Å². The Balaban J connectivity index is 2.24. The first-order valence-corrected chi connectivity index (χ1v) is 6.43. The summed E-state index contributed by atoms with van der Waals surface area (Å²) in [4.78, 5) is 2.50. The van der Waals surface area contributed by atoms with E-state index in [-0.39, 0.29) is 0 Å². The van der Waals surface area contributed by atoms with E-state index in [4.69, 9.17) is 11.0 Å². The Kier molecular flexibility index (Phi) is 4.76. The molecule has 3 unspecified atom stereocenters. The molecule has 1 heterocycles. The van der Waals surface area contributed by atoms with Crippen molar-refractivity contribution in [1.29, 1.82) is 5.26 Å². The van der Waals surface area contributed by atoms with Gasteiger partial charge in [-0.15, -0.1) is 0 Å². The maximum absolute atomic E-state index is 8.97. The lowest BCUT2D eigenvalue weighted by Gasteiger charge is -2.21. The van der Waals surface area contributed by atoms with Crippen LogP contribution in [-0.4, -0.2) is 30.1 Å². The third-order valence-corrected chi connectivity index (χ3v) is 4.01. The first-order chi connectivity index (χ1) is 7.50. The van der Waals surface area contributed by atoms with Gasteiger partial charge >= 0.3 is 0 Å². The normalized spacial score (nSPS) is 29.9. The Morgan fingerprint density at radius 1 is 1.38 bits per heavy atom. The van der Waals surface area contributed by atoms with Crippen LogP contribution in [0.2, 0.25) is 0 Å². The molecule has 0 spiro atoms. The van der Waals surface area contributed by atoms with Crippen LogP contribution in [-0.2, 0) is 0 Å². The molecule has 0 aliphatic carbocycles. The standard InChI is InChI=1S/C13H25N3/c1-4-13(15,10-14)6-5-7-16-8-11(2)12(3)9-16/h11-12H,4-9,15H2,1-3H3. The van der Waals surface area contributed by atoms with Gasteiger partial charge in [-0.3, -0.25) is 0 Å². The molecule has 92 valence electrons. The average Bonchev–Trinajstić information content (AvgIpc) is 2.58. The molecule has 0 radical (unpaired) electrons. The molecular weight excluding hydrogens is 198 g/mol. The van der Waals surface area contributed by atoms with E-state index in [0.29, 0.717) is 0 Å². The van der Waals surface area contributed by atoms with Gasteiger partial charge < -0.3 is 10.6 Å². The first-order valence-electron chi connectivity index (χ1n) is 6.43. The van der Waals surface area contributed by atoms with Crippen LogP contribution in [0.15, 0.2) is 0 Å². The molecule has 1 rings (SSSR count). The zero-order valence-electron chi connectivity index (χ0n) is 10.9. The number of nitrogens with zero attached hydrogens (tertiary/aromatic N) is 2. The zero-order valence-corrected chi connectivity index (χ0v) is 10.9. The molecule has 0 bridgehead atoms. The van der Waals surface area contributed by atoms with E-state index in [0.717, 1.165) is 37.6 Å². The van der Waals surface area contributed by atoms with Crippen LogP contribution in [0.5, 0.6) is 0 Å². The summed E-state index contributed by atoms with van der Waals surface area (Å²) in [7, 11) is 0. The second-order valence-corrected chi connectivity index (χ2v) is 5.44. The lowest BCUT2D eigenvalue weighted by molar-refractivity contribution is 0.302. The van der Waals surface area contributed by atoms with E-state index in [1.165, 1.54) is 13.1 Å². The van der Waals surface area contributed by atoms with E-state index in [1.807, 2.05) is 6.92 Å². The predicted octanol–water partition coefficient (Wildman–Crippen LogP) is 1.99. The van der Waals surface area contributed by atoms with Crippen molar-refractivity contribution >= 4 is 0 Å². The topological polar surface area (TPSA) is 53.1 Å². The third kappa shape index (κ3) is 3.47. The lowest BCUT2D eigenvalue weighted by atomic mass is 9.93. The fourth-order valence-corrected chi connectivity index (χ4v) is 2.36. The summed E-state index contributed by atoms with van der Waals surface area (Å²) < 4.78 is 0. The fourth-order valence-electron chi connectivity index (χ4n) is 2.36. The van der Waals surface area contributed by atoms with E-state index in [1.54, 1.807) is 0 Å². The molecule has 16 heavy (non-hydrogen) atoms. The molecule has 3 heteroatoms. The highest BCUT2D eigenvalue weighted by Gasteiger charge is 2.27. The summed E-state index contributed by atoms with van der Waals surface area (Å²) in [6.07, 6.45) is 2.60. The minimum Gasteiger partial charge on any atom is -0.313 e. The monoisotopic (exact) mass is 223 g/mol. The Morgan fingerprint density at radius 3 is 2.38 bits per heavy atom. The molecule has 3 nitrogen and oxygen atoms in total. The summed E-state index contributed by atoms with van der Waals surface area (Å²) in [6.45, 7) is 10.1. The van der Waals surface area contributed by atoms with Gasteiger partial charge in [0, 0.05) is 13.1 Å². The highest BCUT2D eigenvalue weighted by molar-refractivity contribution is 5.03. The molecule has 0 aromatic heterocycles. The number of likely N-dealkylation sites (tertiary alicyclic amines) is 1. The summed E-state index contributed by atoms with van der Waals surface area (Å²) in [5, 5.41) is 8.97. The van der Waals surface area contributed by atoms with Crippen molar-refractivity contribution in [2.24, 2.45) is 17.6 Å². The Bertz CT molecular complexity index is 248. The second-order valence-electron chi connectivity index (χ2n) is 5.44. The molecule has 1 aliphatic rings. The molecule has 2 N–H and O–H groups in total. The zero-order chi connectivity index (χ0) is 12.2. The molecular formula is C13H25N3. The summed E-state index contributed by atoms with van der Waals surface area (Å²) >= 11 is 0. The largest absolute Gasteiger partial charge is 0.313 e. The second kappa shape index (κ2) is 5.65. The van der Waals surface area contributed by atoms with Crippen LogP contribution in [0.3, 0.4) is 0 Å². The summed E-state index contributed by atoms with van der Waals surface area (Å²) in [6, 6.07) is 2.23. The molecule has 0 saturated carbocycles. The molecule has 1 saturated heterocycles. The number of hydrogen-bond donors (Lipinski definition) is 1. The lowest BCUT2D eigenvalue weighted by Crippen LogP contribution is -2.38. The summed E-state index contributed by atoms with van der Waals surface area (Å²) in [5.41, 5.74) is 5.36. The average molecular weight is 223 g/mol. The summed E-state index contributed by atoms with van der Waals surface area (Å²) in [5.74, 6) is 1.62. The van der Waals surface area contributed by atoms with E-state index >= 15 is 0 Å². The molecule has 0 amide bonds. The molecule has 0 aromatic carbocycles. The van der Waals surface area contributed by atoms with E-state index in [2.05, 4.69) is 24.8 Å². The first kappa shape index (κ1) is 13.5. The minimum atomic E-state index is -0.600. The SMILES string of the molecule is CCC(N)(C#N)CCCN1CC(C)C(C)C1. The number of nitrogens with two attached hydrogens (primary N) is 1. The van der Waals surface area contributed by atoms with Gasteiger partial charge in [0.2, 0.25) is 0 Å². The fraction of sp³-hybridized carbons (Fsp3) is 0.923. The predicted molar refractivity (Wildman–Crippen MR) is 66.8 cm³/mol. The van der Waals surface area contributed by atoms with Gasteiger partial charge in [-0.25, -0.2) is 0 Å². The molecule has 3 atom stereocenters. The smallest absolute Gasteiger partial charge is 0.104 e. The quantitative estimate of drug-likeness (QED) is 0.775. The van der Waals surface area contributed by atoms with Gasteiger partial charge in [0.05, 0.1) is 6.07 Å². The maximum atomic E-state index is 8.97. The van der Waals surface area contributed by atoms with Gasteiger partial charge in [-0.1, -0.05) is 20.8 Å². The van der Waals surface area contributed by atoms with Gasteiger partial charge in [-0.05, 0) is 37.6 Å². The Hall–Kier alpha value is -0.590. The number of nitriles is 1. The van der Waals surface area contributed by atoms with Crippen LogP contribution in [0, 0.1) is 23.2 Å². The van der Waals surface area contributed by atoms with E-state index < -0.39 is 5.54 Å².